The molecular formula is C14H31N3O. The molecule has 18 heavy (non-hydrogen) atoms. The molecule has 1 aliphatic rings. The molecule has 4 nitrogen and oxygen atoms in total. The third-order valence-electron chi connectivity index (χ3n) is 4.21. The second-order valence-corrected chi connectivity index (χ2v) is 6.03. The van der Waals surface area contributed by atoms with Crippen molar-refractivity contribution in [2.24, 2.45) is 5.73 Å². The average Bonchev–Trinajstić information content (AvgIpc) is 2.53. The van der Waals surface area contributed by atoms with E-state index in [1.807, 2.05) is 0 Å². The highest BCUT2D eigenvalue weighted by Crippen LogP contribution is 2.23. The van der Waals surface area contributed by atoms with Crippen molar-refractivity contribution in [2.45, 2.75) is 64.1 Å². The van der Waals surface area contributed by atoms with Crippen molar-refractivity contribution in [3.05, 3.63) is 0 Å². The first kappa shape index (κ1) is 15.9. The molecule has 0 aromatic heterocycles. The highest BCUT2D eigenvalue weighted by atomic mass is 16.3. The molecule has 0 amide bonds. The molecule has 0 spiro atoms. The van der Waals surface area contributed by atoms with Crippen LogP contribution >= 0.6 is 0 Å². The van der Waals surface area contributed by atoms with Gasteiger partial charge in [-0.05, 0) is 53.0 Å². The number of hydrogen-bond donors (Lipinski definition) is 3. The Kier molecular flexibility index (Phi) is 6.57. The lowest BCUT2D eigenvalue weighted by Gasteiger charge is -2.36. The Labute approximate surface area is 112 Å². The Hall–Kier alpha value is -0.160. The van der Waals surface area contributed by atoms with E-state index >= 15 is 0 Å². The Balaban J connectivity index is 2.58. The van der Waals surface area contributed by atoms with Crippen LogP contribution in [0.3, 0.4) is 0 Å². The lowest BCUT2D eigenvalue weighted by Crippen LogP contribution is -2.55. The van der Waals surface area contributed by atoms with Gasteiger partial charge in [0.15, 0.2) is 0 Å². The first-order valence-electron chi connectivity index (χ1n) is 7.35. The summed E-state index contributed by atoms with van der Waals surface area (Å²) in [6.07, 6.45) is 4.25. The molecular weight excluding hydrogens is 226 g/mol. The van der Waals surface area contributed by atoms with Crippen molar-refractivity contribution in [1.29, 1.82) is 0 Å². The Morgan fingerprint density at radius 3 is 2.56 bits per heavy atom. The molecule has 1 fully saturated rings. The van der Waals surface area contributed by atoms with Gasteiger partial charge in [-0.25, -0.2) is 0 Å². The molecule has 1 heterocycles. The molecule has 1 rings (SSSR count). The van der Waals surface area contributed by atoms with Crippen molar-refractivity contribution in [3.63, 3.8) is 0 Å². The number of aliphatic hydroxyl groups is 1. The summed E-state index contributed by atoms with van der Waals surface area (Å²) in [4.78, 5) is 2.54. The molecule has 2 atom stereocenters. The van der Waals surface area contributed by atoms with Gasteiger partial charge in [-0.3, -0.25) is 0 Å². The number of nitrogens with two attached hydrogens (primary N) is 1. The summed E-state index contributed by atoms with van der Waals surface area (Å²) in [5.41, 5.74) is 6.10. The fraction of sp³-hybridized carbons (Fsp3) is 1.00. The van der Waals surface area contributed by atoms with Gasteiger partial charge in [0.25, 0.3) is 0 Å². The molecule has 0 aromatic rings. The molecule has 0 aliphatic carbocycles. The van der Waals surface area contributed by atoms with Gasteiger partial charge in [0.1, 0.15) is 0 Å². The van der Waals surface area contributed by atoms with Gasteiger partial charge in [0, 0.05) is 37.3 Å². The minimum Gasteiger partial charge on any atom is -0.396 e. The van der Waals surface area contributed by atoms with E-state index in [9.17, 15) is 0 Å². The van der Waals surface area contributed by atoms with Gasteiger partial charge in [-0.1, -0.05) is 0 Å². The van der Waals surface area contributed by atoms with Crippen LogP contribution in [0.5, 0.6) is 0 Å². The summed E-state index contributed by atoms with van der Waals surface area (Å²) < 4.78 is 0. The van der Waals surface area contributed by atoms with Crippen LogP contribution in [0.4, 0.5) is 0 Å². The lowest BCUT2D eigenvalue weighted by molar-refractivity contribution is 0.203. The molecule has 4 heteroatoms. The van der Waals surface area contributed by atoms with E-state index in [1.54, 1.807) is 0 Å². The smallest absolute Gasteiger partial charge is 0.0445 e. The van der Waals surface area contributed by atoms with Crippen LogP contribution in [-0.4, -0.2) is 53.9 Å². The minimum absolute atomic E-state index is 0.0677. The zero-order chi connectivity index (χ0) is 13.6. The second-order valence-electron chi connectivity index (χ2n) is 6.03. The van der Waals surface area contributed by atoms with Gasteiger partial charge >= 0.3 is 0 Å². The van der Waals surface area contributed by atoms with Crippen LogP contribution in [0.25, 0.3) is 0 Å². The summed E-state index contributed by atoms with van der Waals surface area (Å²) in [6.45, 7) is 9.89. The van der Waals surface area contributed by atoms with E-state index in [4.69, 9.17) is 10.8 Å². The van der Waals surface area contributed by atoms with Crippen LogP contribution < -0.4 is 11.1 Å². The van der Waals surface area contributed by atoms with E-state index in [-0.39, 0.29) is 12.1 Å². The first-order chi connectivity index (χ1) is 8.53. The van der Waals surface area contributed by atoms with Gasteiger partial charge in [-0.15, -0.1) is 0 Å². The first-order valence-corrected chi connectivity index (χ1v) is 7.35. The lowest BCUT2D eigenvalue weighted by atomic mass is 9.89. The normalized spacial score (nSPS) is 28.3. The monoisotopic (exact) mass is 257 g/mol. The number of nitrogens with one attached hydrogen (secondary N) is 1. The maximum Gasteiger partial charge on any atom is 0.0445 e. The predicted molar refractivity (Wildman–Crippen MR) is 76.6 cm³/mol. The standard InChI is InChI=1S/C14H31N3O/c1-12(2)17-8-4-6-14(11-15,7-9-17)16-13(3)5-10-18/h12-13,16,18H,4-11,15H2,1-3H3. The van der Waals surface area contributed by atoms with E-state index in [1.165, 1.54) is 13.0 Å². The summed E-state index contributed by atoms with van der Waals surface area (Å²) in [7, 11) is 0. The SMILES string of the molecule is CC(CCO)NC1(CN)CCCN(C(C)C)CC1. The van der Waals surface area contributed by atoms with Crippen molar-refractivity contribution >= 4 is 0 Å². The van der Waals surface area contributed by atoms with Gasteiger partial charge in [0.05, 0.1) is 0 Å². The molecule has 4 N–H and O–H groups in total. The molecule has 1 aliphatic heterocycles. The van der Waals surface area contributed by atoms with E-state index in [0.717, 1.165) is 25.8 Å². The number of hydrogen-bond acceptors (Lipinski definition) is 4. The fourth-order valence-electron chi connectivity index (χ4n) is 2.93. The largest absolute Gasteiger partial charge is 0.396 e. The van der Waals surface area contributed by atoms with E-state index in [2.05, 4.69) is 31.0 Å². The molecule has 2 unspecified atom stereocenters. The van der Waals surface area contributed by atoms with E-state index in [0.29, 0.717) is 18.6 Å². The predicted octanol–water partition coefficient (Wildman–Crippen LogP) is 0.939. The highest BCUT2D eigenvalue weighted by molar-refractivity contribution is 4.94. The summed E-state index contributed by atoms with van der Waals surface area (Å²) in [5, 5.41) is 12.7. The number of rotatable bonds is 6. The van der Waals surface area contributed by atoms with Crippen molar-refractivity contribution < 1.29 is 5.11 Å². The minimum atomic E-state index is 0.0677. The molecule has 0 bridgehead atoms. The molecule has 0 saturated carbocycles. The molecule has 108 valence electrons. The summed E-state index contributed by atoms with van der Waals surface area (Å²) >= 11 is 0. The zero-order valence-electron chi connectivity index (χ0n) is 12.3. The van der Waals surface area contributed by atoms with Crippen LogP contribution in [-0.2, 0) is 0 Å². The van der Waals surface area contributed by atoms with Crippen molar-refractivity contribution in [3.8, 4) is 0 Å². The maximum absolute atomic E-state index is 9.01. The van der Waals surface area contributed by atoms with Crippen molar-refractivity contribution in [1.82, 2.24) is 10.2 Å². The number of likely N-dealkylation sites (tertiary alicyclic amines) is 1. The van der Waals surface area contributed by atoms with Crippen LogP contribution in [0.2, 0.25) is 0 Å². The number of aliphatic hydroxyl groups excluding tert-OH is 1. The number of nitrogens with zero attached hydrogens (tertiary/aromatic N) is 1. The van der Waals surface area contributed by atoms with Crippen LogP contribution in [0.1, 0.15) is 46.5 Å². The Bertz CT molecular complexity index is 235. The van der Waals surface area contributed by atoms with Crippen LogP contribution in [0, 0.1) is 0 Å². The maximum atomic E-state index is 9.01. The zero-order valence-corrected chi connectivity index (χ0v) is 12.3. The third kappa shape index (κ3) is 4.50. The Morgan fingerprint density at radius 1 is 1.28 bits per heavy atom. The fourth-order valence-corrected chi connectivity index (χ4v) is 2.93. The van der Waals surface area contributed by atoms with Gasteiger partial charge in [-0.2, -0.15) is 0 Å². The molecule has 0 aromatic carbocycles. The third-order valence-corrected chi connectivity index (χ3v) is 4.21. The highest BCUT2D eigenvalue weighted by Gasteiger charge is 2.32. The Morgan fingerprint density at radius 2 is 2.00 bits per heavy atom. The average molecular weight is 257 g/mol. The van der Waals surface area contributed by atoms with Crippen molar-refractivity contribution in [2.75, 3.05) is 26.2 Å². The van der Waals surface area contributed by atoms with E-state index < -0.39 is 0 Å². The summed E-state index contributed by atoms with van der Waals surface area (Å²) in [5.74, 6) is 0. The van der Waals surface area contributed by atoms with Gasteiger partial charge in [0.2, 0.25) is 0 Å². The van der Waals surface area contributed by atoms with Crippen LogP contribution in [0.15, 0.2) is 0 Å². The topological polar surface area (TPSA) is 61.5 Å². The second kappa shape index (κ2) is 7.43. The summed E-state index contributed by atoms with van der Waals surface area (Å²) in [6, 6.07) is 0.956. The quantitative estimate of drug-likeness (QED) is 0.663. The molecule has 0 radical (unpaired) electrons. The molecule has 1 saturated heterocycles. The van der Waals surface area contributed by atoms with Gasteiger partial charge < -0.3 is 21.1 Å².